The van der Waals surface area contributed by atoms with Gasteiger partial charge in [0.2, 0.25) is 0 Å². The van der Waals surface area contributed by atoms with Gasteiger partial charge in [0.1, 0.15) is 0 Å². The number of aliphatic hydroxyl groups excluding tert-OH is 1. The van der Waals surface area contributed by atoms with Crippen molar-refractivity contribution in [3.05, 3.63) is 0 Å². The van der Waals surface area contributed by atoms with Crippen LogP contribution in [0.2, 0.25) is 0 Å². The zero-order valence-corrected chi connectivity index (χ0v) is 9.24. The smallest absolute Gasteiger partial charge is 0.190 e. The molecule has 5 heteroatoms. The van der Waals surface area contributed by atoms with Gasteiger partial charge in [-0.2, -0.15) is 0 Å². The molecule has 0 aliphatic carbocycles. The van der Waals surface area contributed by atoms with Crippen LogP contribution in [0.1, 0.15) is 19.3 Å². The van der Waals surface area contributed by atoms with E-state index >= 15 is 0 Å². The van der Waals surface area contributed by atoms with E-state index in [1.54, 1.807) is 0 Å². The van der Waals surface area contributed by atoms with Crippen LogP contribution in [0.25, 0.3) is 0 Å². The van der Waals surface area contributed by atoms with E-state index < -0.39 is 3.79 Å². The van der Waals surface area contributed by atoms with E-state index in [2.05, 4.69) is 0 Å². The topological polar surface area (TPSA) is 20.2 Å². The maximum atomic E-state index is 8.33. The summed E-state index contributed by atoms with van der Waals surface area (Å²) in [7, 11) is 0. The minimum absolute atomic E-state index is 0. The van der Waals surface area contributed by atoms with Crippen molar-refractivity contribution in [2.45, 2.75) is 23.1 Å². The normalized spacial score (nSPS) is 10.8. The number of rotatable bonds is 3. The number of halogens is 3. The summed E-state index contributed by atoms with van der Waals surface area (Å²) in [6.45, 7) is 0.167. The van der Waals surface area contributed by atoms with Gasteiger partial charge >= 0.3 is 0 Å². The van der Waals surface area contributed by atoms with Crippen LogP contribution in [0.4, 0.5) is 0 Å². The first kappa shape index (κ1) is 14.1. The molecule has 0 aromatic carbocycles. The summed E-state index contributed by atoms with van der Waals surface area (Å²) in [6.07, 6.45) is 1.97. The third-order valence-corrected chi connectivity index (χ3v) is 1.44. The van der Waals surface area contributed by atoms with Crippen LogP contribution in [-0.4, -0.2) is 15.5 Å². The van der Waals surface area contributed by atoms with Crippen molar-refractivity contribution in [2.24, 2.45) is 0 Å². The Hall–Kier alpha value is 1.54. The quantitative estimate of drug-likeness (QED) is 0.456. The summed E-state index contributed by atoms with van der Waals surface area (Å²) < 4.78 is -1.14. The maximum Gasteiger partial charge on any atom is 0.190 e. The van der Waals surface area contributed by atoms with Crippen LogP contribution in [0.3, 0.4) is 0 Å². The largest absolute Gasteiger partial charge is 0.396 e. The van der Waals surface area contributed by atoms with Crippen molar-refractivity contribution in [3.63, 3.8) is 0 Å². The molecular formula is C5H9Cl3OTi. The average Bonchev–Trinajstić information content (AvgIpc) is 1.63. The molecule has 0 aliphatic rings. The first-order valence-electron chi connectivity index (χ1n) is 2.74. The van der Waals surface area contributed by atoms with Crippen molar-refractivity contribution >= 4 is 34.8 Å². The van der Waals surface area contributed by atoms with E-state index in [1.807, 2.05) is 0 Å². The first-order chi connectivity index (χ1) is 4.06. The fourth-order valence-corrected chi connectivity index (χ4v) is 0.838. The molecular weight excluding hydrogens is 230 g/mol. The predicted molar refractivity (Wildman–Crippen MR) is 41.2 cm³/mol. The van der Waals surface area contributed by atoms with E-state index in [4.69, 9.17) is 39.9 Å². The Balaban J connectivity index is 0. The monoisotopic (exact) mass is 238 g/mol. The molecule has 1 nitrogen and oxygen atoms in total. The van der Waals surface area contributed by atoms with E-state index in [-0.39, 0.29) is 28.3 Å². The van der Waals surface area contributed by atoms with Gasteiger partial charge < -0.3 is 5.11 Å². The Morgan fingerprint density at radius 3 is 1.90 bits per heavy atom. The van der Waals surface area contributed by atoms with Gasteiger partial charge in [0, 0.05) is 28.3 Å². The van der Waals surface area contributed by atoms with E-state index in [0.717, 1.165) is 6.42 Å². The molecule has 1 N–H and O–H groups in total. The molecule has 0 saturated heterocycles. The number of aliphatic hydroxyl groups is 1. The molecule has 0 aromatic rings. The minimum Gasteiger partial charge on any atom is -0.396 e. The van der Waals surface area contributed by atoms with Crippen LogP contribution in [0.5, 0.6) is 0 Å². The number of unbranched alkanes of at least 4 members (excludes halogenated alkanes) is 1. The third kappa shape index (κ3) is 12.2. The predicted octanol–water partition coefficient (Wildman–Crippen LogP) is 2.52. The second kappa shape index (κ2) is 7.21. The fraction of sp³-hybridized carbons (Fsp3) is 1.00. The van der Waals surface area contributed by atoms with Gasteiger partial charge in [-0.05, 0) is 19.3 Å². The fourth-order valence-electron chi connectivity index (χ4n) is 0.437. The van der Waals surface area contributed by atoms with E-state index in [9.17, 15) is 0 Å². The van der Waals surface area contributed by atoms with E-state index in [1.165, 1.54) is 0 Å². The van der Waals surface area contributed by atoms with E-state index in [0.29, 0.717) is 12.8 Å². The molecule has 0 aliphatic heterocycles. The van der Waals surface area contributed by atoms with Crippen molar-refractivity contribution in [1.82, 2.24) is 0 Å². The van der Waals surface area contributed by atoms with Gasteiger partial charge in [-0.25, -0.2) is 0 Å². The van der Waals surface area contributed by atoms with Crippen LogP contribution in [0, 0.1) is 0 Å². The van der Waals surface area contributed by atoms with Gasteiger partial charge in [-0.15, -0.1) is 0 Å². The minimum atomic E-state index is -1.14. The average molecular weight is 239 g/mol. The van der Waals surface area contributed by atoms with Gasteiger partial charge in [0.05, 0.1) is 0 Å². The Bertz CT molecular complexity index is 73.8. The van der Waals surface area contributed by atoms with Crippen molar-refractivity contribution in [3.8, 4) is 0 Å². The molecule has 10 heavy (non-hydrogen) atoms. The summed E-state index contributed by atoms with van der Waals surface area (Å²) in [5.74, 6) is 0. The zero-order valence-electron chi connectivity index (χ0n) is 5.41. The number of hydrogen-bond acceptors (Lipinski definition) is 1. The molecule has 0 fully saturated rings. The molecule has 0 amide bonds. The summed E-state index contributed by atoms with van der Waals surface area (Å²) in [5.41, 5.74) is 0. The molecule has 60 valence electrons. The molecule has 0 rings (SSSR count). The van der Waals surface area contributed by atoms with Crippen molar-refractivity contribution in [1.29, 1.82) is 0 Å². The Labute approximate surface area is 90.9 Å². The van der Waals surface area contributed by atoms with Crippen LogP contribution in [-0.2, 0) is 21.7 Å². The van der Waals surface area contributed by atoms with Gasteiger partial charge in [-0.1, -0.05) is 34.8 Å². The van der Waals surface area contributed by atoms with Gasteiger partial charge in [0.25, 0.3) is 0 Å². The maximum absolute atomic E-state index is 8.33. The van der Waals surface area contributed by atoms with Gasteiger partial charge in [-0.3, -0.25) is 0 Å². The summed E-state index contributed by atoms with van der Waals surface area (Å²) >= 11 is 16.3. The van der Waals surface area contributed by atoms with Crippen molar-refractivity contribution in [2.75, 3.05) is 6.61 Å². The number of hydrogen-bond donors (Lipinski definition) is 1. The zero-order chi connectivity index (χ0) is 7.33. The molecule has 0 atom stereocenters. The van der Waals surface area contributed by atoms with Crippen molar-refractivity contribution < 1.29 is 26.8 Å². The second-order valence-corrected chi connectivity index (χ2v) is 4.31. The molecule has 0 saturated carbocycles. The number of alkyl halides is 3. The Kier molecular flexibility index (Phi) is 10.2. The molecule has 0 bridgehead atoms. The van der Waals surface area contributed by atoms with Gasteiger partial charge in [0.15, 0.2) is 3.79 Å². The standard InChI is InChI=1S/C5H9Cl3O.Ti/c6-5(7,8)3-1-2-4-9;/h9H,1-4H2;. The molecule has 0 aromatic heterocycles. The molecule has 0 heterocycles. The first-order valence-corrected chi connectivity index (χ1v) is 3.87. The molecule has 0 radical (unpaired) electrons. The van der Waals surface area contributed by atoms with Crippen LogP contribution >= 0.6 is 34.8 Å². The Morgan fingerprint density at radius 2 is 1.60 bits per heavy atom. The van der Waals surface area contributed by atoms with Crippen LogP contribution < -0.4 is 0 Å². The third-order valence-electron chi connectivity index (χ3n) is 0.868. The molecule has 0 unspecified atom stereocenters. The molecule has 0 spiro atoms. The summed E-state index contributed by atoms with van der Waals surface area (Å²) in [4.78, 5) is 0. The van der Waals surface area contributed by atoms with Crippen LogP contribution in [0.15, 0.2) is 0 Å². The second-order valence-electron chi connectivity index (χ2n) is 1.80. The SMILES string of the molecule is OCCCCC(Cl)(Cl)Cl.[Ti]. The summed E-state index contributed by atoms with van der Waals surface area (Å²) in [5, 5.41) is 8.33. The Morgan fingerprint density at radius 1 is 1.10 bits per heavy atom. The summed E-state index contributed by atoms with van der Waals surface area (Å²) in [6, 6.07) is 0.